The Kier molecular flexibility index (Phi) is 5.91. The molecule has 2 aromatic rings. The van der Waals surface area contributed by atoms with E-state index >= 15 is 0 Å². The van der Waals surface area contributed by atoms with Gasteiger partial charge in [0.25, 0.3) is 0 Å². The maximum Gasteiger partial charge on any atom is 0.416 e. The highest BCUT2D eigenvalue weighted by Crippen LogP contribution is 2.32. The smallest absolute Gasteiger partial charge is 0.375 e. The molecule has 0 aliphatic carbocycles. The van der Waals surface area contributed by atoms with Gasteiger partial charge in [0, 0.05) is 30.7 Å². The van der Waals surface area contributed by atoms with Gasteiger partial charge in [0.05, 0.1) is 5.56 Å². The fraction of sp³-hybridized carbons (Fsp3) is 0.333. The molecule has 1 aromatic heterocycles. The van der Waals surface area contributed by atoms with Gasteiger partial charge in [-0.3, -0.25) is 9.69 Å². The van der Waals surface area contributed by atoms with E-state index in [0.29, 0.717) is 30.3 Å². The number of hydrogen-bond donors (Lipinski definition) is 2. The third-order valence-corrected chi connectivity index (χ3v) is 4.61. The van der Waals surface area contributed by atoms with E-state index in [1.807, 2.05) is 4.90 Å². The second-order valence-electron chi connectivity index (χ2n) is 5.45. The molecule has 10 heteroatoms. The molecule has 1 unspecified atom stereocenters. The molecule has 25 heavy (non-hydrogen) atoms. The number of carbonyl (C=O) groups excluding carboxylic acids is 1. The van der Waals surface area contributed by atoms with Crippen LogP contribution in [0, 0.1) is 0 Å². The molecule has 0 radical (unpaired) electrons. The number of nitrogens with two attached hydrogens (primary N) is 1. The van der Waals surface area contributed by atoms with Crippen LogP contribution < -0.4 is 11.1 Å². The first kappa shape index (κ1) is 19.5. The van der Waals surface area contributed by atoms with Crippen LogP contribution in [-0.2, 0) is 17.5 Å². The number of nitrogen functional groups attached to an aromatic ring is 1. The number of anilines is 1. The van der Waals surface area contributed by atoms with E-state index in [9.17, 15) is 18.0 Å². The van der Waals surface area contributed by atoms with Gasteiger partial charge in [-0.1, -0.05) is 12.1 Å². The molecule has 1 fully saturated rings. The van der Waals surface area contributed by atoms with Gasteiger partial charge in [0.15, 0.2) is 5.13 Å². The Morgan fingerprint density at radius 2 is 2.00 bits per heavy atom. The Morgan fingerprint density at radius 3 is 2.56 bits per heavy atom. The lowest BCUT2D eigenvalue weighted by Crippen LogP contribution is -2.49. The van der Waals surface area contributed by atoms with Gasteiger partial charge >= 0.3 is 6.18 Å². The van der Waals surface area contributed by atoms with Crippen molar-refractivity contribution in [3.63, 3.8) is 0 Å². The summed E-state index contributed by atoms with van der Waals surface area (Å²) in [4.78, 5) is 19.1. The number of hydrogen-bond acceptors (Lipinski definition) is 5. The molecule has 3 N–H and O–H groups in total. The van der Waals surface area contributed by atoms with Gasteiger partial charge in [-0.2, -0.15) is 13.2 Å². The maximum absolute atomic E-state index is 12.7. The van der Waals surface area contributed by atoms with Crippen molar-refractivity contribution in [2.45, 2.75) is 18.8 Å². The average Bonchev–Trinajstić information content (AvgIpc) is 2.92. The third kappa shape index (κ3) is 4.42. The molecule has 0 saturated carbocycles. The normalized spacial score (nSPS) is 18.5. The number of benzene rings is 1. The van der Waals surface area contributed by atoms with Crippen molar-refractivity contribution in [2.75, 3.05) is 18.8 Å². The molecule has 1 aromatic carbocycles. The predicted molar refractivity (Wildman–Crippen MR) is 91.4 cm³/mol. The van der Waals surface area contributed by atoms with Crippen molar-refractivity contribution in [3.05, 3.63) is 46.5 Å². The molecule has 1 aliphatic rings. The van der Waals surface area contributed by atoms with Crippen LogP contribution in [0.15, 0.2) is 30.5 Å². The number of halogens is 4. The molecular formula is C15H16ClF3N4OS. The van der Waals surface area contributed by atoms with Gasteiger partial charge in [-0.25, -0.2) is 4.98 Å². The lowest BCUT2D eigenvalue weighted by atomic mass is 10.0. The molecule has 5 nitrogen and oxygen atoms in total. The van der Waals surface area contributed by atoms with E-state index in [0.717, 1.165) is 17.0 Å². The first-order valence-electron chi connectivity index (χ1n) is 7.23. The maximum atomic E-state index is 12.7. The lowest BCUT2D eigenvalue weighted by Gasteiger charge is -2.35. The number of nitrogens with zero attached hydrogens (tertiary/aromatic N) is 2. The SMILES string of the molecule is Cl.Nc1ncc(CN2CCNC(=O)C2c2ccc(C(F)(F)F)cc2)s1. The summed E-state index contributed by atoms with van der Waals surface area (Å²) in [7, 11) is 0. The summed E-state index contributed by atoms with van der Waals surface area (Å²) in [5, 5.41) is 3.20. The van der Waals surface area contributed by atoms with E-state index in [2.05, 4.69) is 10.3 Å². The number of carbonyl (C=O) groups is 1. The fourth-order valence-electron chi connectivity index (χ4n) is 2.70. The van der Waals surface area contributed by atoms with Crippen LogP contribution in [0.5, 0.6) is 0 Å². The molecular weight excluding hydrogens is 377 g/mol. The van der Waals surface area contributed by atoms with Crippen molar-refractivity contribution >= 4 is 34.8 Å². The number of nitrogens with one attached hydrogen (secondary N) is 1. The summed E-state index contributed by atoms with van der Waals surface area (Å²) in [6, 6.07) is 4.07. The van der Waals surface area contributed by atoms with Crippen molar-refractivity contribution in [1.82, 2.24) is 15.2 Å². The summed E-state index contributed by atoms with van der Waals surface area (Å²) in [5.41, 5.74) is 5.41. The highest BCUT2D eigenvalue weighted by molar-refractivity contribution is 7.15. The van der Waals surface area contributed by atoms with Gasteiger partial charge in [0.2, 0.25) is 5.91 Å². The van der Waals surface area contributed by atoms with Crippen LogP contribution in [-0.4, -0.2) is 28.9 Å². The van der Waals surface area contributed by atoms with Gasteiger partial charge in [-0.05, 0) is 17.7 Å². The zero-order valence-corrected chi connectivity index (χ0v) is 14.5. The van der Waals surface area contributed by atoms with E-state index in [-0.39, 0.29) is 18.3 Å². The van der Waals surface area contributed by atoms with Crippen LogP contribution in [0.25, 0.3) is 0 Å². The monoisotopic (exact) mass is 392 g/mol. The van der Waals surface area contributed by atoms with E-state index in [4.69, 9.17) is 5.73 Å². The van der Waals surface area contributed by atoms with Crippen LogP contribution in [0.3, 0.4) is 0 Å². The molecule has 1 saturated heterocycles. The van der Waals surface area contributed by atoms with E-state index in [1.165, 1.54) is 23.5 Å². The zero-order valence-electron chi connectivity index (χ0n) is 12.9. The summed E-state index contributed by atoms with van der Waals surface area (Å²) in [6.07, 6.45) is -2.75. The Bertz CT molecular complexity index is 735. The zero-order chi connectivity index (χ0) is 17.3. The van der Waals surface area contributed by atoms with Crippen LogP contribution in [0.2, 0.25) is 0 Å². The average molecular weight is 393 g/mol. The number of alkyl halides is 3. The van der Waals surface area contributed by atoms with Crippen molar-refractivity contribution in [2.24, 2.45) is 0 Å². The first-order chi connectivity index (χ1) is 11.3. The molecule has 2 heterocycles. The molecule has 136 valence electrons. The molecule has 1 amide bonds. The quantitative estimate of drug-likeness (QED) is 0.842. The Labute approximate surface area is 152 Å². The number of rotatable bonds is 3. The molecule has 0 spiro atoms. The highest BCUT2D eigenvalue weighted by atomic mass is 35.5. The highest BCUT2D eigenvalue weighted by Gasteiger charge is 2.33. The first-order valence-corrected chi connectivity index (χ1v) is 8.05. The standard InChI is InChI=1S/C15H15F3N4OS.ClH/c16-15(17,18)10-3-1-9(2-4-10)12-13(23)20-5-6-22(12)8-11-7-21-14(19)24-11;/h1-4,7,12H,5-6,8H2,(H2,19,21)(H,20,23);1H. The van der Waals surface area contributed by atoms with Crippen LogP contribution in [0.4, 0.5) is 18.3 Å². The number of thiazole rings is 1. The van der Waals surface area contributed by atoms with Crippen molar-refractivity contribution in [1.29, 1.82) is 0 Å². The Morgan fingerprint density at radius 1 is 1.32 bits per heavy atom. The summed E-state index contributed by atoms with van der Waals surface area (Å²) < 4.78 is 38.1. The topological polar surface area (TPSA) is 71.2 Å². The lowest BCUT2D eigenvalue weighted by molar-refractivity contribution is -0.137. The summed E-state index contributed by atoms with van der Waals surface area (Å²) in [5.74, 6) is -0.224. The number of amides is 1. The minimum Gasteiger partial charge on any atom is -0.375 e. The van der Waals surface area contributed by atoms with Crippen LogP contribution in [0.1, 0.15) is 22.0 Å². The summed E-state index contributed by atoms with van der Waals surface area (Å²) >= 11 is 1.33. The van der Waals surface area contributed by atoms with Gasteiger partial charge in [-0.15, -0.1) is 23.7 Å². The second-order valence-corrected chi connectivity index (χ2v) is 6.60. The molecule has 1 aliphatic heterocycles. The Hall–Kier alpha value is -1.84. The van der Waals surface area contributed by atoms with E-state index in [1.54, 1.807) is 6.20 Å². The van der Waals surface area contributed by atoms with Crippen LogP contribution >= 0.6 is 23.7 Å². The largest absolute Gasteiger partial charge is 0.416 e. The van der Waals surface area contributed by atoms with Crippen molar-refractivity contribution in [3.8, 4) is 0 Å². The second kappa shape index (κ2) is 7.59. The minimum atomic E-state index is -4.40. The predicted octanol–water partition coefficient (Wildman–Crippen LogP) is 2.84. The van der Waals surface area contributed by atoms with Gasteiger partial charge < -0.3 is 11.1 Å². The third-order valence-electron chi connectivity index (χ3n) is 3.80. The minimum absolute atomic E-state index is 0. The Balaban J connectivity index is 0.00000225. The molecule has 1 atom stereocenters. The summed E-state index contributed by atoms with van der Waals surface area (Å²) in [6.45, 7) is 1.55. The number of piperazine rings is 1. The molecule has 3 rings (SSSR count). The fourth-order valence-corrected chi connectivity index (χ4v) is 3.41. The van der Waals surface area contributed by atoms with E-state index < -0.39 is 17.8 Å². The molecule has 0 bridgehead atoms. The number of aromatic nitrogens is 1. The van der Waals surface area contributed by atoms with Crippen molar-refractivity contribution < 1.29 is 18.0 Å². The van der Waals surface area contributed by atoms with Gasteiger partial charge in [0.1, 0.15) is 6.04 Å².